The molecule has 0 amide bonds. The molecule has 0 saturated carbocycles. The Balaban J connectivity index is 1.52. The van der Waals surface area contributed by atoms with Crippen LogP contribution >= 0.6 is 0 Å². The first-order valence-corrected chi connectivity index (χ1v) is 19.0. The largest absolute Gasteiger partial charge is 0.493 e. The van der Waals surface area contributed by atoms with Crippen molar-refractivity contribution in [3.05, 3.63) is 110 Å². The molecular weight excluding hydrogens is 677 g/mol. The number of aryl methyl sites for hydroxylation is 3. The lowest BCUT2D eigenvalue weighted by atomic mass is 9.83. The van der Waals surface area contributed by atoms with Gasteiger partial charge in [0.25, 0.3) is 0 Å². The molecule has 4 aromatic rings. The van der Waals surface area contributed by atoms with E-state index >= 15 is 0 Å². The van der Waals surface area contributed by atoms with Gasteiger partial charge in [0, 0.05) is 51.6 Å². The van der Waals surface area contributed by atoms with Crippen LogP contribution in [-0.2, 0) is 25.6 Å². The lowest BCUT2D eigenvalue weighted by Crippen LogP contribution is -2.15. The fraction of sp³-hybridized carbons (Fsp3) is 0.378. The SMILES string of the molecule is CCC1=C(C)c2cc3[nH]c(cc4nc(c5c6[nH]c(cc1n2)c(C)c6C=C(OC)C5=O)[C@@H](CCCC(=O)OC)[C@@H]4C)c(C)c3C(C)OCc1cccc(C)c1. The maximum Gasteiger partial charge on any atom is 0.305 e. The van der Waals surface area contributed by atoms with Crippen molar-refractivity contribution < 1.29 is 23.8 Å². The van der Waals surface area contributed by atoms with Crippen LogP contribution in [0.15, 0.2) is 48.2 Å². The van der Waals surface area contributed by atoms with Gasteiger partial charge in [-0.25, -0.2) is 4.98 Å². The zero-order valence-corrected chi connectivity index (χ0v) is 32.8. The number of ether oxygens (including phenoxy) is 3. The molecule has 2 aliphatic heterocycles. The van der Waals surface area contributed by atoms with Gasteiger partial charge in [0.05, 0.1) is 55.1 Å². The molecule has 1 unspecified atom stereocenters. The van der Waals surface area contributed by atoms with E-state index in [1.165, 1.54) is 25.4 Å². The molecule has 5 heterocycles. The molecule has 54 heavy (non-hydrogen) atoms. The summed E-state index contributed by atoms with van der Waals surface area (Å²) < 4.78 is 17.2. The van der Waals surface area contributed by atoms with Crippen LogP contribution in [0.5, 0.6) is 0 Å². The summed E-state index contributed by atoms with van der Waals surface area (Å²) in [5, 5.41) is 0. The number of fused-ring (bicyclic) bond motifs is 8. The van der Waals surface area contributed by atoms with Crippen LogP contribution in [0.3, 0.4) is 0 Å². The van der Waals surface area contributed by atoms with Gasteiger partial charge in [0.2, 0.25) is 5.78 Å². The van der Waals surface area contributed by atoms with E-state index in [2.05, 4.69) is 101 Å². The number of benzene rings is 1. The van der Waals surface area contributed by atoms with Gasteiger partial charge in [0.1, 0.15) is 0 Å². The van der Waals surface area contributed by atoms with Gasteiger partial charge in [0.15, 0.2) is 5.76 Å². The number of nitrogens with zero attached hydrogens (tertiary/aromatic N) is 2. The average Bonchev–Trinajstić information content (AvgIpc) is 3.83. The number of aromatic amines is 2. The summed E-state index contributed by atoms with van der Waals surface area (Å²) in [7, 11) is 2.94. The standard InChI is InChI=1S/C45H50N4O5/c1-10-30-24(3)33-21-38-41(28(7)54-22-29-14-11-13-23(2)17-29)27(6)36(47-38)19-34-25(4)31(15-12-16-40(50)53-9)43(48-34)42-44-32(18-39(52-8)45(42)51)26(5)35(49-44)20-37(30)46-33/h11,13-14,17-21,25,28,31,47,49H,10,12,15-16,22H2,1-9H3/t25-,28?,31-/m0/s1. The average molecular weight is 727 g/mol. The third-order valence-electron chi connectivity index (χ3n) is 11.5. The molecule has 280 valence electrons. The number of carbonyl (C=O) groups excluding carboxylic acids is 2. The van der Waals surface area contributed by atoms with Crippen molar-refractivity contribution >= 4 is 51.0 Å². The minimum atomic E-state index is -0.253. The first-order valence-electron chi connectivity index (χ1n) is 19.0. The summed E-state index contributed by atoms with van der Waals surface area (Å²) in [4.78, 5) is 44.4. The van der Waals surface area contributed by atoms with Gasteiger partial charge in [-0.1, -0.05) is 43.7 Å². The summed E-state index contributed by atoms with van der Waals surface area (Å²) in [6.45, 7) is 15.3. The number of nitrogens with one attached hydrogen (secondary N) is 2. The second-order valence-electron chi connectivity index (χ2n) is 14.9. The number of hydrogen-bond acceptors (Lipinski definition) is 7. The molecule has 9 nitrogen and oxygen atoms in total. The molecule has 2 N–H and O–H groups in total. The van der Waals surface area contributed by atoms with Gasteiger partial charge in [-0.2, -0.15) is 0 Å². The van der Waals surface area contributed by atoms with Crippen LogP contribution in [0.25, 0.3) is 39.3 Å². The maximum atomic E-state index is 14.3. The van der Waals surface area contributed by atoms with Crippen molar-refractivity contribution in [2.45, 2.75) is 98.7 Å². The van der Waals surface area contributed by atoms with Crippen LogP contribution in [-0.4, -0.2) is 45.9 Å². The van der Waals surface area contributed by atoms with Crippen molar-refractivity contribution in [2.75, 3.05) is 14.2 Å². The van der Waals surface area contributed by atoms with E-state index in [0.717, 1.165) is 79.0 Å². The molecule has 1 aromatic carbocycles. The van der Waals surface area contributed by atoms with Crippen LogP contribution in [0.2, 0.25) is 0 Å². The number of aromatic nitrogens is 4. The highest BCUT2D eigenvalue weighted by Crippen LogP contribution is 2.45. The zero-order chi connectivity index (χ0) is 38.4. The van der Waals surface area contributed by atoms with E-state index < -0.39 is 0 Å². The molecule has 0 fully saturated rings. The van der Waals surface area contributed by atoms with E-state index in [4.69, 9.17) is 24.2 Å². The highest BCUT2D eigenvalue weighted by molar-refractivity contribution is 6.19. The zero-order valence-electron chi connectivity index (χ0n) is 32.8. The van der Waals surface area contributed by atoms with Gasteiger partial charge < -0.3 is 24.2 Å². The number of ketones is 1. The molecule has 3 aliphatic rings. The minimum absolute atomic E-state index is 0.0436. The molecular formula is C45H50N4O5. The minimum Gasteiger partial charge on any atom is -0.493 e. The Morgan fingerprint density at radius 3 is 2.43 bits per heavy atom. The number of Topliss-reactive ketones (excluding diaryl/α,β-unsaturated/α-hetero) is 1. The molecule has 3 aromatic heterocycles. The Morgan fingerprint density at radius 2 is 1.70 bits per heavy atom. The molecule has 8 bridgehead atoms. The lowest BCUT2D eigenvalue weighted by molar-refractivity contribution is -0.140. The quantitative estimate of drug-likeness (QED) is 0.156. The van der Waals surface area contributed by atoms with E-state index in [-0.39, 0.29) is 41.9 Å². The Hall–Kier alpha value is -5.28. The second-order valence-corrected chi connectivity index (χ2v) is 14.9. The van der Waals surface area contributed by atoms with E-state index in [9.17, 15) is 9.59 Å². The smallest absolute Gasteiger partial charge is 0.305 e. The third kappa shape index (κ3) is 6.59. The van der Waals surface area contributed by atoms with Crippen LogP contribution in [0, 0.1) is 20.8 Å². The Morgan fingerprint density at radius 1 is 0.944 bits per heavy atom. The lowest BCUT2D eigenvalue weighted by Gasteiger charge is -2.19. The van der Waals surface area contributed by atoms with Gasteiger partial charge in [-0.05, 0) is 106 Å². The first kappa shape index (κ1) is 37.1. The highest BCUT2D eigenvalue weighted by atomic mass is 16.5. The molecule has 0 saturated heterocycles. The monoisotopic (exact) mass is 726 g/mol. The number of hydrogen-bond donors (Lipinski definition) is 2. The number of esters is 1. The second kappa shape index (κ2) is 14.9. The van der Waals surface area contributed by atoms with Crippen LogP contribution in [0.4, 0.5) is 0 Å². The van der Waals surface area contributed by atoms with E-state index in [1.54, 1.807) is 0 Å². The van der Waals surface area contributed by atoms with Gasteiger partial charge in [-0.15, -0.1) is 0 Å². The summed E-state index contributed by atoms with van der Waals surface area (Å²) in [5.74, 6) is -0.360. The molecule has 0 radical (unpaired) electrons. The molecule has 3 atom stereocenters. The first-order chi connectivity index (χ1) is 25.9. The van der Waals surface area contributed by atoms with Gasteiger partial charge in [-0.3, -0.25) is 14.6 Å². The van der Waals surface area contributed by atoms with E-state index in [0.29, 0.717) is 30.7 Å². The van der Waals surface area contributed by atoms with Crippen molar-refractivity contribution in [1.29, 1.82) is 0 Å². The fourth-order valence-corrected chi connectivity index (χ4v) is 8.40. The van der Waals surface area contributed by atoms with Gasteiger partial charge >= 0.3 is 5.97 Å². The Labute approximate surface area is 316 Å². The highest BCUT2D eigenvalue weighted by Gasteiger charge is 2.36. The molecule has 0 spiro atoms. The number of carbonyl (C=O) groups is 2. The van der Waals surface area contributed by atoms with Crippen molar-refractivity contribution in [3.8, 4) is 0 Å². The summed E-state index contributed by atoms with van der Waals surface area (Å²) in [6.07, 6.45) is 3.96. The fourth-order valence-electron chi connectivity index (χ4n) is 8.40. The Bertz CT molecular complexity index is 2410. The van der Waals surface area contributed by atoms with Crippen LogP contribution < -0.4 is 0 Å². The normalized spacial score (nSPS) is 17.1. The summed E-state index contributed by atoms with van der Waals surface area (Å²) in [6, 6.07) is 14.8. The van der Waals surface area contributed by atoms with Crippen LogP contribution in [0.1, 0.15) is 138 Å². The van der Waals surface area contributed by atoms with Crippen molar-refractivity contribution in [2.24, 2.45) is 0 Å². The van der Waals surface area contributed by atoms with E-state index in [1.807, 2.05) is 6.08 Å². The number of H-pyrrole nitrogens is 2. The Kier molecular flexibility index (Phi) is 10.2. The molecule has 7 rings (SSSR count). The number of rotatable bonds is 10. The molecule has 9 heteroatoms. The topological polar surface area (TPSA) is 119 Å². The van der Waals surface area contributed by atoms with Crippen molar-refractivity contribution in [3.63, 3.8) is 0 Å². The predicted octanol–water partition coefficient (Wildman–Crippen LogP) is 10.3. The number of methoxy groups -OCH3 is 2. The van der Waals surface area contributed by atoms with Crippen molar-refractivity contribution in [1.82, 2.24) is 19.9 Å². The summed E-state index contributed by atoms with van der Waals surface area (Å²) >= 11 is 0. The maximum absolute atomic E-state index is 14.3. The molecule has 1 aliphatic carbocycles. The number of allylic oxidation sites excluding steroid dienone is 3. The summed E-state index contributed by atoms with van der Waals surface area (Å²) in [5.41, 5.74) is 16.0. The third-order valence-corrected chi connectivity index (χ3v) is 11.5. The predicted molar refractivity (Wildman–Crippen MR) is 214 cm³/mol.